The summed E-state index contributed by atoms with van der Waals surface area (Å²) < 4.78 is 10.9. The molecular weight excluding hydrogens is 419 g/mol. The predicted octanol–water partition coefficient (Wildman–Crippen LogP) is 5.68. The largest absolute Gasteiger partial charge is 0.496 e. The quantitative estimate of drug-likeness (QED) is 0.371. The van der Waals surface area contributed by atoms with Gasteiger partial charge in [0.1, 0.15) is 5.75 Å². The Bertz CT molecular complexity index is 962. The molecule has 0 amide bonds. The number of benzene rings is 2. The van der Waals surface area contributed by atoms with Gasteiger partial charge in [0.05, 0.1) is 23.4 Å². The molecule has 0 unspecified atom stereocenters. The van der Waals surface area contributed by atoms with Crippen molar-refractivity contribution >= 4 is 52.3 Å². The SMILES string of the molecule is COc1ccc(Cl)cc1-c1nnc(SCC(=O)c2ccc(Cl)cc2Cl)o1. The van der Waals surface area contributed by atoms with Gasteiger partial charge in [-0.3, -0.25) is 4.79 Å². The van der Waals surface area contributed by atoms with Gasteiger partial charge in [-0.1, -0.05) is 46.6 Å². The molecule has 1 aromatic heterocycles. The van der Waals surface area contributed by atoms with Gasteiger partial charge in [-0.15, -0.1) is 10.2 Å². The summed E-state index contributed by atoms with van der Waals surface area (Å²) in [6, 6.07) is 9.80. The Morgan fingerprint density at radius 1 is 1.12 bits per heavy atom. The number of methoxy groups -OCH3 is 1. The molecule has 0 bridgehead atoms. The minimum atomic E-state index is -0.170. The van der Waals surface area contributed by atoms with Gasteiger partial charge in [-0.05, 0) is 36.4 Å². The van der Waals surface area contributed by atoms with Crippen molar-refractivity contribution in [3.63, 3.8) is 0 Å². The summed E-state index contributed by atoms with van der Waals surface area (Å²) >= 11 is 19.0. The van der Waals surface area contributed by atoms with Crippen molar-refractivity contribution in [1.29, 1.82) is 0 Å². The van der Waals surface area contributed by atoms with Crippen molar-refractivity contribution in [2.45, 2.75) is 5.22 Å². The van der Waals surface area contributed by atoms with Crippen LogP contribution in [0.15, 0.2) is 46.0 Å². The molecule has 1 heterocycles. The van der Waals surface area contributed by atoms with Crippen LogP contribution in [0, 0.1) is 0 Å². The second kappa shape index (κ2) is 8.31. The molecule has 134 valence electrons. The van der Waals surface area contributed by atoms with Crippen LogP contribution in [0.25, 0.3) is 11.5 Å². The number of hydrogen-bond acceptors (Lipinski definition) is 6. The molecule has 0 N–H and O–H groups in total. The van der Waals surface area contributed by atoms with E-state index in [1.807, 2.05) is 0 Å². The lowest BCUT2D eigenvalue weighted by Gasteiger charge is -2.04. The van der Waals surface area contributed by atoms with Crippen molar-refractivity contribution in [3.05, 3.63) is 57.0 Å². The fourth-order valence-corrected chi connectivity index (χ4v) is 3.48. The molecule has 0 aliphatic rings. The smallest absolute Gasteiger partial charge is 0.277 e. The van der Waals surface area contributed by atoms with Crippen LogP contribution in [0.5, 0.6) is 5.75 Å². The van der Waals surface area contributed by atoms with E-state index in [1.165, 1.54) is 13.2 Å². The number of rotatable bonds is 6. The van der Waals surface area contributed by atoms with Crippen molar-refractivity contribution in [1.82, 2.24) is 10.2 Å². The monoisotopic (exact) mass is 428 g/mol. The van der Waals surface area contributed by atoms with E-state index in [2.05, 4.69) is 10.2 Å². The summed E-state index contributed by atoms with van der Waals surface area (Å²) in [7, 11) is 1.54. The number of carbonyl (C=O) groups is 1. The van der Waals surface area contributed by atoms with Crippen molar-refractivity contribution < 1.29 is 13.9 Å². The van der Waals surface area contributed by atoms with E-state index in [1.54, 1.807) is 30.3 Å². The first-order chi connectivity index (χ1) is 12.5. The van der Waals surface area contributed by atoms with E-state index in [-0.39, 0.29) is 22.6 Å². The van der Waals surface area contributed by atoms with E-state index in [0.717, 1.165) is 11.8 Å². The zero-order valence-electron chi connectivity index (χ0n) is 13.3. The van der Waals surface area contributed by atoms with E-state index < -0.39 is 0 Å². The lowest BCUT2D eigenvalue weighted by atomic mass is 10.1. The number of nitrogens with zero attached hydrogens (tertiary/aromatic N) is 2. The Hall–Kier alpha value is -1.73. The maximum absolute atomic E-state index is 12.3. The molecule has 0 aliphatic carbocycles. The van der Waals surface area contributed by atoms with Crippen LogP contribution in [0.2, 0.25) is 15.1 Å². The van der Waals surface area contributed by atoms with Gasteiger partial charge >= 0.3 is 0 Å². The number of carbonyl (C=O) groups excluding carboxylic acids is 1. The zero-order valence-corrected chi connectivity index (χ0v) is 16.4. The number of halogens is 3. The van der Waals surface area contributed by atoms with Gasteiger partial charge < -0.3 is 9.15 Å². The lowest BCUT2D eigenvalue weighted by molar-refractivity contribution is 0.102. The highest BCUT2D eigenvalue weighted by atomic mass is 35.5. The van der Waals surface area contributed by atoms with Crippen LogP contribution >= 0.6 is 46.6 Å². The molecular formula is C17H11Cl3N2O3S. The third-order valence-corrected chi connectivity index (χ3v) is 4.96. The number of ether oxygens (including phenoxy) is 1. The molecule has 26 heavy (non-hydrogen) atoms. The fourth-order valence-electron chi connectivity index (χ4n) is 2.14. The van der Waals surface area contributed by atoms with Crippen LogP contribution in [0.1, 0.15) is 10.4 Å². The molecule has 0 spiro atoms. The van der Waals surface area contributed by atoms with Crippen LogP contribution in [-0.4, -0.2) is 28.8 Å². The van der Waals surface area contributed by atoms with Gasteiger partial charge in [0.15, 0.2) is 5.78 Å². The first-order valence-corrected chi connectivity index (χ1v) is 9.38. The maximum Gasteiger partial charge on any atom is 0.277 e. The third-order valence-electron chi connectivity index (χ3n) is 3.36. The fraction of sp³-hybridized carbons (Fsp3) is 0.118. The average molecular weight is 430 g/mol. The van der Waals surface area contributed by atoms with Gasteiger partial charge in [0.25, 0.3) is 11.1 Å². The lowest BCUT2D eigenvalue weighted by Crippen LogP contribution is -2.03. The molecule has 0 radical (unpaired) electrons. The number of thioether (sulfide) groups is 1. The molecule has 2 aromatic carbocycles. The molecule has 0 atom stereocenters. The number of ketones is 1. The van der Waals surface area contributed by atoms with E-state index in [4.69, 9.17) is 44.0 Å². The Kier molecular flexibility index (Phi) is 6.09. The van der Waals surface area contributed by atoms with Gasteiger partial charge in [0.2, 0.25) is 0 Å². The molecule has 0 saturated heterocycles. The van der Waals surface area contributed by atoms with E-state index >= 15 is 0 Å². The molecule has 5 nitrogen and oxygen atoms in total. The van der Waals surface area contributed by atoms with E-state index in [0.29, 0.717) is 31.9 Å². The normalized spacial score (nSPS) is 10.8. The number of hydrogen-bond donors (Lipinski definition) is 0. The molecule has 3 rings (SSSR count). The van der Waals surface area contributed by atoms with Gasteiger partial charge in [0, 0.05) is 15.6 Å². The highest BCUT2D eigenvalue weighted by Gasteiger charge is 2.17. The summed E-state index contributed by atoms with van der Waals surface area (Å²) in [5.41, 5.74) is 0.964. The van der Waals surface area contributed by atoms with Crippen LogP contribution in [0.3, 0.4) is 0 Å². The van der Waals surface area contributed by atoms with Crippen molar-refractivity contribution in [2.24, 2.45) is 0 Å². The third kappa shape index (κ3) is 4.32. The predicted molar refractivity (Wildman–Crippen MR) is 103 cm³/mol. The van der Waals surface area contributed by atoms with Crippen molar-refractivity contribution in [3.8, 4) is 17.2 Å². The Balaban J connectivity index is 1.73. The average Bonchev–Trinajstić information content (AvgIpc) is 3.08. The highest BCUT2D eigenvalue weighted by Crippen LogP contribution is 2.33. The second-order valence-electron chi connectivity index (χ2n) is 5.05. The molecule has 9 heteroatoms. The Labute approximate surface area is 168 Å². The molecule has 0 saturated carbocycles. The number of Topliss-reactive ketones (excluding diaryl/α,β-unsaturated/α-hetero) is 1. The Morgan fingerprint density at radius 3 is 2.58 bits per heavy atom. The summed E-state index contributed by atoms with van der Waals surface area (Å²) in [6.07, 6.45) is 0. The summed E-state index contributed by atoms with van der Waals surface area (Å²) in [5.74, 6) is 0.731. The molecule has 0 aliphatic heterocycles. The van der Waals surface area contributed by atoms with E-state index in [9.17, 15) is 4.79 Å². The van der Waals surface area contributed by atoms with Crippen molar-refractivity contribution in [2.75, 3.05) is 12.9 Å². The number of aromatic nitrogens is 2. The topological polar surface area (TPSA) is 65.2 Å². The van der Waals surface area contributed by atoms with Crippen LogP contribution < -0.4 is 4.74 Å². The van der Waals surface area contributed by atoms with Crippen LogP contribution in [0.4, 0.5) is 0 Å². The summed E-state index contributed by atoms with van der Waals surface area (Å²) in [6.45, 7) is 0. The first kappa shape index (κ1) is 19.0. The minimum Gasteiger partial charge on any atom is -0.496 e. The van der Waals surface area contributed by atoms with Crippen LogP contribution in [-0.2, 0) is 0 Å². The summed E-state index contributed by atoms with van der Waals surface area (Å²) in [5, 5.41) is 9.46. The summed E-state index contributed by atoms with van der Waals surface area (Å²) in [4.78, 5) is 12.3. The first-order valence-electron chi connectivity index (χ1n) is 7.26. The molecule has 3 aromatic rings. The van der Waals surface area contributed by atoms with Gasteiger partial charge in [-0.25, -0.2) is 0 Å². The molecule has 0 fully saturated rings. The second-order valence-corrected chi connectivity index (χ2v) is 7.26. The maximum atomic E-state index is 12.3. The standard InChI is InChI=1S/C17H11Cl3N2O3S/c1-24-15-5-3-9(18)6-12(15)16-21-22-17(25-16)26-8-14(23)11-4-2-10(19)7-13(11)20/h2-7H,8H2,1H3. The zero-order chi connectivity index (χ0) is 18.7. The minimum absolute atomic E-state index is 0.0929. The Morgan fingerprint density at radius 2 is 1.85 bits per heavy atom. The highest BCUT2D eigenvalue weighted by molar-refractivity contribution is 7.99. The van der Waals surface area contributed by atoms with Gasteiger partial charge in [-0.2, -0.15) is 0 Å².